The van der Waals surface area contributed by atoms with E-state index in [9.17, 15) is 0 Å². The molecule has 1 unspecified atom stereocenters. The zero-order valence-electron chi connectivity index (χ0n) is 13.3. The lowest BCUT2D eigenvalue weighted by Gasteiger charge is -2.39. The van der Waals surface area contributed by atoms with E-state index >= 15 is 0 Å². The lowest BCUT2D eigenvalue weighted by atomic mass is 9.68. The maximum absolute atomic E-state index is 5.74. The molecule has 1 fully saturated rings. The number of thiocarbonyl (C=S) groups is 1. The van der Waals surface area contributed by atoms with E-state index in [2.05, 4.69) is 16.4 Å². The summed E-state index contributed by atoms with van der Waals surface area (Å²) in [5, 5.41) is 3.21. The zero-order valence-corrected chi connectivity index (χ0v) is 14.1. The lowest BCUT2D eigenvalue weighted by molar-refractivity contribution is 0.549. The van der Waals surface area contributed by atoms with Crippen LogP contribution in [0.25, 0.3) is 0 Å². The Kier molecular flexibility index (Phi) is 4.82. The van der Waals surface area contributed by atoms with Gasteiger partial charge in [0.05, 0.1) is 16.1 Å². The van der Waals surface area contributed by atoms with E-state index in [-0.39, 0.29) is 5.41 Å². The topological polar surface area (TPSA) is 37.3 Å². The number of rotatable bonds is 3. The summed E-state index contributed by atoms with van der Waals surface area (Å²) in [4.78, 5) is 10.1. The molecule has 3 rings (SSSR count). The first-order chi connectivity index (χ1) is 11.3. The van der Waals surface area contributed by atoms with Crippen LogP contribution in [-0.2, 0) is 5.41 Å². The van der Waals surface area contributed by atoms with Gasteiger partial charge in [-0.25, -0.2) is 0 Å². The number of hydrogen-bond donors (Lipinski definition) is 1. The molecule has 1 aromatic heterocycles. The number of benzene rings is 1. The van der Waals surface area contributed by atoms with Crippen LogP contribution in [0.5, 0.6) is 0 Å². The Morgan fingerprint density at radius 1 is 1.17 bits per heavy atom. The normalized spacial score (nSPS) is 22.7. The maximum Gasteiger partial charge on any atom is 0.0916 e. The predicted octanol–water partition coefficient (Wildman–Crippen LogP) is 4.21. The Morgan fingerprint density at radius 2 is 2.00 bits per heavy atom. The van der Waals surface area contributed by atoms with Crippen molar-refractivity contribution in [2.24, 2.45) is 4.99 Å². The van der Waals surface area contributed by atoms with Crippen molar-refractivity contribution in [2.45, 2.75) is 31.1 Å². The van der Waals surface area contributed by atoms with Gasteiger partial charge in [0.2, 0.25) is 0 Å². The van der Waals surface area contributed by atoms with Gasteiger partial charge in [0.25, 0.3) is 0 Å². The molecular weight excluding hydrogens is 302 g/mol. The van der Waals surface area contributed by atoms with E-state index in [0.29, 0.717) is 0 Å². The van der Waals surface area contributed by atoms with Gasteiger partial charge in [-0.05, 0) is 43.0 Å². The second-order valence-electron chi connectivity index (χ2n) is 5.83. The summed E-state index contributed by atoms with van der Waals surface area (Å²) in [7, 11) is 1.90. The van der Waals surface area contributed by atoms with E-state index in [4.69, 9.17) is 17.2 Å². The van der Waals surface area contributed by atoms with Crippen LogP contribution in [0.4, 0.5) is 5.69 Å². The van der Waals surface area contributed by atoms with Crippen molar-refractivity contribution in [1.29, 1.82) is 0 Å². The molecule has 0 spiro atoms. The molecule has 1 heterocycles. The fourth-order valence-electron chi connectivity index (χ4n) is 3.37. The lowest BCUT2D eigenvalue weighted by Crippen LogP contribution is -2.49. The minimum atomic E-state index is -0.341. The molecule has 0 amide bonds. The molecule has 1 atom stereocenters. The molecular formula is C19H21N3S. The molecule has 118 valence electrons. The second-order valence-corrected chi connectivity index (χ2v) is 6.24. The molecule has 2 aromatic rings. The summed E-state index contributed by atoms with van der Waals surface area (Å²) in [5.74, 6) is 0. The van der Waals surface area contributed by atoms with Crippen LogP contribution in [0.1, 0.15) is 31.2 Å². The molecule has 1 aliphatic carbocycles. The first kappa shape index (κ1) is 15.8. The van der Waals surface area contributed by atoms with Crippen LogP contribution in [-0.4, -0.2) is 22.7 Å². The van der Waals surface area contributed by atoms with Crippen LogP contribution in [0.15, 0.2) is 59.9 Å². The summed E-state index contributed by atoms with van der Waals surface area (Å²) < 4.78 is 0. The quantitative estimate of drug-likeness (QED) is 0.860. The fourth-order valence-corrected chi connectivity index (χ4v) is 3.70. The minimum absolute atomic E-state index is 0.341. The highest BCUT2D eigenvalue weighted by Crippen LogP contribution is 2.39. The summed E-state index contributed by atoms with van der Waals surface area (Å²) >= 11 is 5.74. The maximum atomic E-state index is 5.74. The largest absolute Gasteiger partial charge is 0.382 e. The van der Waals surface area contributed by atoms with E-state index in [0.717, 1.165) is 47.6 Å². The number of nitrogens with zero attached hydrogens (tertiary/aromatic N) is 2. The molecule has 1 saturated carbocycles. The number of hydrogen-bond acceptors (Lipinski definition) is 3. The van der Waals surface area contributed by atoms with E-state index in [1.165, 1.54) is 0 Å². The number of nitrogens with one attached hydrogen (secondary N) is 1. The first-order valence-electron chi connectivity index (χ1n) is 8.03. The average Bonchev–Trinajstić information content (AvgIpc) is 2.63. The summed E-state index contributed by atoms with van der Waals surface area (Å²) in [6.07, 6.45) is 7.96. The Hall–Kier alpha value is -2.07. The number of para-hydroxylation sites is 1. The van der Waals surface area contributed by atoms with Gasteiger partial charge < -0.3 is 5.32 Å². The van der Waals surface area contributed by atoms with Crippen molar-refractivity contribution in [3.63, 3.8) is 0 Å². The smallest absolute Gasteiger partial charge is 0.0916 e. The number of aromatic nitrogens is 1. The third-order valence-electron chi connectivity index (χ3n) is 4.50. The molecule has 4 heteroatoms. The second kappa shape index (κ2) is 7.01. The summed E-state index contributed by atoms with van der Waals surface area (Å²) in [5.41, 5.74) is 2.92. The monoisotopic (exact) mass is 323 g/mol. The Bertz CT molecular complexity index is 697. The zero-order chi connectivity index (χ0) is 16.1. The van der Waals surface area contributed by atoms with Crippen molar-refractivity contribution in [3.8, 4) is 0 Å². The molecule has 1 aliphatic rings. The minimum Gasteiger partial charge on any atom is -0.382 e. The Morgan fingerprint density at radius 3 is 2.70 bits per heavy atom. The molecule has 0 saturated heterocycles. The Balaban J connectivity index is 2.15. The first-order valence-corrected chi connectivity index (χ1v) is 8.44. The van der Waals surface area contributed by atoms with E-state index in [1.54, 1.807) is 6.20 Å². The summed E-state index contributed by atoms with van der Waals surface area (Å²) in [6.45, 7) is 0. The van der Waals surface area contributed by atoms with Crippen LogP contribution < -0.4 is 5.32 Å². The standard InChI is InChI=1S/C19H21N3S/c1-20-18(23)19(15-8-7-13-21-14-15)12-6-5-11-17(19)22-16-9-3-2-4-10-16/h2-4,7-10,13-14H,5-6,11-12H2,1H3,(H,20,23)/b22-17+. The highest BCUT2D eigenvalue weighted by Gasteiger charge is 2.43. The number of aliphatic imine (C=N–C) groups is 1. The fraction of sp³-hybridized carbons (Fsp3) is 0.316. The number of likely N-dealkylation sites (N-methyl/N-ethyl adjacent to an activating group) is 1. The predicted molar refractivity (Wildman–Crippen MR) is 99.6 cm³/mol. The highest BCUT2D eigenvalue weighted by molar-refractivity contribution is 7.80. The van der Waals surface area contributed by atoms with Gasteiger partial charge in [0.1, 0.15) is 0 Å². The van der Waals surface area contributed by atoms with Crippen LogP contribution in [0.3, 0.4) is 0 Å². The van der Waals surface area contributed by atoms with Gasteiger partial charge in [0, 0.05) is 25.2 Å². The highest BCUT2D eigenvalue weighted by atomic mass is 32.1. The van der Waals surface area contributed by atoms with Gasteiger partial charge in [-0.2, -0.15) is 0 Å². The van der Waals surface area contributed by atoms with Crippen molar-refractivity contribution in [2.75, 3.05) is 7.05 Å². The number of pyridine rings is 1. The SMILES string of the molecule is CNC(=S)C1(c2cccnc2)CCCC/C1=N\c1ccccc1. The molecule has 1 aromatic carbocycles. The van der Waals surface area contributed by atoms with Gasteiger partial charge in [-0.3, -0.25) is 9.98 Å². The third-order valence-corrected chi connectivity index (χ3v) is 5.05. The molecule has 0 bridgehead atoms. The van der Waals surface area contributed by atoms with Crippen molar-refractivity contribution in [1.82, 2.24) is 10.3 Å². The van der Waals surface area contributed by atoms with E-state index in [1.807, 2.05) is 49.6 Å². The van der Waals surface area contributed by atoms with Gasteiger partial charge in [-0.15, -0.1) is 0 Å². The molecule has 1 N–H and O–H groups in total. The van der Waals surface area contributed by atoms with Gasteiger partial charge >= 0.3 is 0 Å². The van der Waals surface area contributed by atoms with Crippen molar-refractivity contribution < 1.29 is 0 Å². The average molecular weight is 323 g/mol. The van der Waals surface area contributed by atoms with Crippen LogP contribution in [0, 0.1) is 0 Å². The van der Waals surface area contributed by atoms with Gasteiger partial charge in [-0.1, -0.05) is 42.9 Å². The Labute approximate surface area is 142 Å². The van der Waals surface area contributed by atoms with Crippen molar-refractivity contribution >= 4 is 28.6 Å². The molecule has 23 heavy (non-hydrogen) atoms. The van der Waals surface area contributed by atoms with E-state index < -0.39 is 0 Å². The van der Waals surface area contributed by atoms with Crippen LogP contribution in [0.2, 0.25) is 0 Å². The summed E-state index contributed by atoms with van der Waals surface area (Å²) in [6, 6.07) is 14.2. The molecule has 0 aliphatic heterocycles. The van der Waals surface area contributed by atoms with Crippen molar-refractivity contribution in [3.05, 3.63) is 60.4 Å². The molecule has 3 nitrogen and oxygen atoms in total. The van der Waals surface area contributed by atoms with Crippen LogP contribution >= 0.6 is 12.2 Å². The third kappa shape index (κ3) is 3.04. The van der Waals surface area contributed by atoms with Gasteiger partial charge in [0.15, 0.2) is 0 Å². The molecule has 0 radical (unpaired) electrons.